The predicted octanol–water partition coefficient (Wildman–Crippen LogP) is 4.09. The third-order valence-electron chi connectivity index (χ3n) is 3.54. The first-order valence-corrected chi connectivity index (χ1v) is 8.89. The van der Waals surface area contributed by atoms with Gasteiger partial charge < -0.3 is 5.11 Å². The number of hydrogen-bond acceptors (Lipinski definition) is 4. The van der Waals surface area contributed by atoms with Crippen LogP contribution < -0.4 is 0 Å². The molecule has 0 aromatic heterocycles. The number of benzene rings is 1. The Labute approximate surface area is 151 Å². The average molecular weight is 361 g/mol. The minimum Gasteiger partial charge on any atom is -0.480 e. The van der Waals surface area contributed by atoms with Crippen molar-refractivity contribution in [2.75, 3.05) is 0 Å². The standard InChI is InChI=1S/C18H19NO3S2/c1-3-7-14(17(21)22)19-16(20)15(24-18(19)23)11-12(2)10-13-8-5-4-6-9-13/h4-6,8-11,14H,3,7H2,1-2H3,(H,21,22)/b12-10-,15-11-/t14-/m1/s1. The summed E-state index contributed by atoms with van der Waals surface area (Å²) >= 11 is 6.39. The number of carboxylic acid groups (broad SMARTS) is 1. The van der Waals surface area contributed by atoms with E-state index in [1.807, 2.05) is 50.3 Å². The summed E-state index contributed by atoms with van der Waals surface area (Å²) in [5, 5.41) is 9.37. The second-order valence-corrected chi connectivity index (χ2v) is 7.17. The zero-order chi connectivity index (χ0) is 17.7. The van der Waals surface area contributed by atoms with E-state index < -0.39 is 12.0 Å². The summed E-state index contributed by atoms with van der Waals surface area (Å²) in [6.07, 6.45) is 4.78. The Morgan fingerprint density at radius 1 is 1.38 bits per heavy atom. The average Bonchev–Trinajstić information content (AvgIpc) is 2.80. The van der Waals surface area contributed by atoms with Gasteiger partial charge in [0.25, 0.3) is 5.91 Å². The van der Waals surface area contributed by atoms with Crippen LogP contribution in [0, 0.1) is 0 Å². The lowest BCUT2D eigenvalue weighted by Gasteiger charge is -2.22. The smallest absolute Gasteiger partial charge is 0.326 e. The van der Waals surface area contributed by atoms with Crippen LogP contribution in [-0.4, -0.2) is 32.2 Å². The minimum atomic E-state index is -1.02. The third kappa shape index (κ3) is 4.33. The molecule has 2 rings (SSSR count). The van der Waals surface area contributed by atoms with Gasteiger partial charge in [-0.25, -0.2) is 4.79 Å². The molecule has 6 heteroatoms. The van der Waals surface area contributed by atoms with Crippen molar-refractivity contribution in [2.45, 2.75) is 32.7 Å². The molecule has 1 fully saturated rings. The molecule has 0 radical (unpaired) electrons. The first-order valence-electron chi connectivity index (χ1n) is 7.67. The second kappa shape index (κ2) is 8.26. The molecule has 1 saturated heterocycles. The van der Waals surface area contributed by atoms with Gasteiger partial charge in [-0.15, -0.1) is 0 Å². The van der Waals surface area contributed by atoms with Crippen LogP contribution in [0.3, 0.4) is 0 Å². The molecule has 0 unspecified atom stereocenters. The number of carboxylic acids is 1. The SMILES string of the molecule is CCC[C@H](C(=O)O)N1C(=O)/C(=C/C(C)=C\c2ccccc2)SC1=S. The van der Waals surface area contributed by atoms with E-state index in [1.54, 1.807) is 6.08 Å². The van der Waals surface area contributed by atoms with Crippen molar-refractivity contribution in [3.8, 4) is 0 Å². The maximum absolute atomic E-state index is 12.6. The van der Waals surface area contributed by atoms with Gasteiger partial charge in [-0.05, 0) is 30.6 Å². The Morgan fingerprint density at radius 2 is 2.04 bits per heavy atom. The van der Waals surface area contributed by atoms with E-state index in [2.05, 4.69) is 0 Å². The van der Waals surface area contributed by atoms with Crippen molar-refractivity contribution in [2.24, 2.45) is 0 Å². The molecule has 1 aliphatic heterocycles. The van der Waals surface area contributed by atoms with Gasteiger partial charge in [-0.1, -0.05) is 73.7 Å². The lowest BCUT2D eigenvalue weighted by Crippen LogP contribution is -2.43. The highest BCUT2D eigenvalue weighted by molar-refractivity contribution is 8.26. The van der Waals surface area contributed by atoms with E-state index in [4.69, 9.17) is 12.2 Å². The Bertz CT molecular complexity index is 710. The van der Waals surface area contributed by atoms with Gasteiger partial charge in [0.15, 0.2) is 0 Å². The van der Waals surface area contributed by atoms with Crippen LogP contribution in [0.2, 0.25) is 0 Å². The number of amides is 1. The summed E-state index contributed by atoms with van der Waals surface area (Å²) < 4.78 is 0.305. The summed E-state index contributed by atoms with van der Waals surface area (Å²) in [6, 6.07) is 8.89. The molecule has 1 heterocycles. The topological polar surface area (TPSA) is 57.6 Å². The molecule has 1 aromatic rings. The number of allylic oxidation sites excluding steroid dienone is 2. The Kier molecular flexibility index (Phi) is 6.34. The van der Waals surface area contributed by atoms with Gasteiger partial charge in [0.2, 0.25) is 0 Å². The third-order valence-corrected chi connectivity index (χ3v) is 4.87. The van der Waals surface area contributed by atoms with Gasteiger partial charge in [-0.3, -0.25) is 9.69 Å². The fourth-order valence-corrected chi connectivity index (χ4v) is 3.85. The number of hydrogen-bond donors (Lipinski definition) is 1. The van der Waals surface area contributed by atoms with Gasteiger partial charge in [0, 0.05) is 0 Å². The molecule has 0 saturated carbocycles. The number of carbonyl (C=O) groups excluding carboxylic acids is 1. The summed E-state index contributed by atoms with van der Waals surface area (Å²) in [6.45, 7) is 3.79. The van der Waals surface area contributed by atoms with Crippen LogP contribution in [0.5, 0.6) is 0 Å². The normalized spacial score (nSPS) is 18.3. The van der Waals surface area contributed by atoms with Crippen molar-refractivity contribution >= 4 is 46.3 Å². The summed E-state index contributed by atoms with van der Waals surface area (Å²) in [7, 11) is 0. The molecule has 1 aliphatic rings. The van der Waals surface area contributed by atoms with Crippen LogP contribution in [-0.2, 0) is 9.59 Å². The molecule has 1 N–H and O–H groups in total. The molecule has 126 valence electrons. The molecule has 4 nitrogen and oxygen atoms in total. The van der Waals surface area contributed by atoms with Crippen LogP contribution in [0.15, 0.2) is 46.9 Å². The largest absolute Gasteiger partial charge is 0.480 e. The van der Waals surface area contributed by atoms with Crippen molar-refractivity contribution < 1.29 is 14.7 Å². The molecule has 0 bridgehead atoms. The molecule has 1 aromatic carbocycles. The highest BCUT2D eigenvalue weighted by Gasteiger charge is 2.39. The van der Waals surface area contributed by atoms with E-state index >= 15 is 0 Å². The molecular weight excluding hydrogens is 342 g/mol. The highest BCUT2D eigenvalue weighted by atomic mass is 32.2. The number of nitrogens with zero attached hydrogens (tertiary/aromatic N) is 1. The molecule has 1 atom stereocenters. The van der Waals surface area contributed by atoms with E-state index in [0.717, 1.165) is 22.9 Å². The monoisotopic (exact) mass is 361 g/mol. The van der Waals surface area contributed by atoms with Crippen molar-refractivity contribution in [3.05, 3.63) is 52.4 Å². The first kappa shape index (κ1) is 18.4. The lowest BCUT2D eigenvalue weighted by atomic mass is 10.1. The molecule has 24 heavy (non-hydrogen) atoms. The molecule has 1 amide bonds. The Balaban J connectivity index is 2.24. The van der Waals surface area contributed by atoms with Gasteiger partial charge in [-0.2, -0.15) is 0 Å². The summed E-state index contributed by atoms with van der Waals surface area (Å²) in [5.41, 5.74) is 1.94. The maximum atomic E-state index is 12.6. The number of aliphatic carboxylic acids is 1. The number of thioether (sulfide) groups is 1. The predicted molar refractivity (Wildman–Crippen MR) is 102 cm³/mol. The van der Waals surface area contributed by atoms with Crippen molar-refractivity contribution in [1.82, 2.24) is 4.90 Å². The number of carbonyl (C=O) groups is 2. The first-order chi connectivity index (χ1) is 11.4. The van der Waals surface area contributed by atoms with E-state index in [-0.39, 0.29) is 5.91 Å². The van der Waals surface area contributed by atoms with Gasteiger partial charge in [0.1, 0.15) is 10.4 Å². The van der Waals surface area contributed by atoms with Crippen LogP contribution >= 0.6 is 24.0 Å². The Hall–Kier alpha value is -1.92. The van der Waals surface area contributed by atoms with Crippen LogP contribution in [0.1, 0.15) is 32.3 Å². The second-order valence-electron chi connectivity index (χ2n) is 5.49. The zero-order valence-corrected chi connectivity index (χ0v) is 15.2. The summed E-state index contributed by atoms with van der Waals surface area (Å²) in [5.74, 6) is -1.35. The van der Waals surface area contributed by atoms with Crippen LogP contribution in [0.25, 0.3) is 6.08 Å². The Morgan fingerprint density at radius 3 is 2.62 bits per heavy atom. The van der Waals surface area contributed by atoms with Gasteiger partial charge in [0.05, 0.1) is 4.91 Å². The minimum absolute atomic E-state index is 0.305. The molecule has 0 spiro atoms. The van der Waals surface area contributed by atoms with Crippen molar-refractivity contribution in [3.63, 3.8) is 0 Å². The van der Waals surface area contributed by atoms with E-state index in [9.17, 15) is 14.7 Å². The van der Waals surface area contributed by atoms with Gasteiger partial charge >= 0.3 is 5.97 Å². The fourth-order valence-electron chi connectivity index (χ4n) is 2.45. The quantitative estimate of drug-likeness (QED) is 0.611. The molecular formula is C18H19NO3S2. The fraction of sp³-hybridized carbons (Fsp3) is 0.278. The van der Waals surface area contributed by atoms with E-state index in [1.165, 1.54) is 4.90 Å². The van der Waals surface area contributed by atoms with Crippen LogP contribution in [0.4, 0.5) is 0 Å². The number of thiocarbonyl (C=S) groups is 1. The summed E-state index contributed by atoms with van der Waals surface area (Å²) in [4.78, 5) is 25.7. The van der Waals surface area contributed by atoms with Crippen molar-refractivity contribution in [1.29, 1.82) is 0 Å². The zero-order valence-electron chi connectivity index (χ0n) is 13.6. The highest BCUT2D eigenvalue weighted by Crippen LogP contribution is 2.34. The lowest BCUT2D eigenvalue weighted by molar-refractivity contribution is -0.145. The molecule has 0 aliphatic carbocycles. The van der Waals surface area contributed by atoms with E-state index in [0.29, 0.717) is 22.1 Å². The number of rotatable bonds is 6. The maximum Gasteiger partial charge on any atom is 0.326 e.